The van der Waals surface area contributed by atoms with E-state index in [1.165, 1.54) is 0 Å². The fourth-order valence-corrected chi connectivity index (χ4v) is 3.71. The number of carbonyl (C=O) groups excluding carboxylic acids is 1. The van der Waals surface area contributed by atoms with E-state index in [0.717, 1.165) is 22.4 Å². The predicted molar refractivity (Wildman–Crippen MR) is 125 cm³/mol. The van der Waals surface area contributed by atoms with Gasteiger partial charge in [-0.25, -0.2) is 4.98 Å². The summed E-state index contributed by atoms with van der Waals surface area (Å²) in [5, 5.41) is 7.62. The lowest BCUT2D eigenvalue weighted by Crippen LogP contribution is -2.42. The summed E-state index contributed by atoms with van der Waals surface area (Å²) in [6, 6.07) is 7.40. The van der Waals surface area contributed by atoms with Crippen molar-refractivity contribution in [2.45, 2.75) is 19.0 Å². The molecular weight excluding hydrogens is 546 g/mol. The molecule has 3 rings (SSSR count). The van der Waals surface area contributed by atoms with Crippen LogP contribution in [-0.4, -0.2) is 50.1 Å². The van der Waals surface area contributed by atoms with Crippen molar-refractivity contribution in [2.24, 2.45) is 4.99 Å². The van der Waals surface area contributed by atoms with Gasteiger partial charge in [-0.15, -0.1) is 35.3 Å². The fraction of sp³-hybridized carbons (Fsp3) is 0.421. The van der Waals surface area contributed by atoms with Crippen molar-refractivity contribution in [3.63, 3.8) is 0 Å². The van der Waals surface area contributed by atoms with Crippen LogP contribution in [-0.2, 0) is 17.4 Å². The molecule has 1 aliphatic rings. The average molecular weight is 569 g/mol. The van der Waals surface area contributed by atoms with Gasteiger partial charge in [0.1, 0.15) is 5.75 Å². The second kappa shape index (κ2) is 11.5. The molecule has 0 aliphatic carbocycles. The number of amides is 1. The first-order valence-corrected chi connectivity index (χ1v) is 10.2. The van der Waals surface area contributed by atoms with Gasteiger partial charge in [-0.1, -0.05) is 12.1 Å². The maximum atomic E-state index is 12.6. The zero-order valence-corrected chi connectivity index (χ0v) is 19.9. The number of aromatic nitrogens is 1. The molecule has 31 heavy (non-hydrogen) atoms. The van der Waals surface area contributed by atoms with Crippen LogP contribution < -0.4 is 20.3 Å². The van der Waals surface area contributed by atoms with Crippen molar-refractivity contribution in [2.75, 3.05) is 38.2 Å². The Morgan fingerprint density at radius 3 is 2.74 bits per heavy atom. The van der Waals surface area contributed by atoms with Crippen molar-refractivity contribution in [1.29, 1.82) is 0 Å². The Kier molecular flexibility index (Phi) is 9.34. The molecule has 0 atom stereocenters. The second-order valence-corrected chi connectivity index (χ2v) is 7.40. The third-order valence-electron chi connectivity index (χ3n) is 4.36. The number of benzene rings is 1. The molecule has 2 aromatic rings. The molecule has 2 heterocycles. The Bertz CT molecular complexity index is 907. The first-order chi connectivity index (χ1) is 14.4. The monoisotopic (exact) mass is 569 g/mol. The smallest absolute Gasteiger partial charge is 0.434 e. The number of alkyl halides is 3. The number of aliphatic imine (C=N–C) groups is 1. The molecule has 0 saturated heterocycles. The average Bonchev–Trinajstić information content (AvgIpc) is 3.20. The summed E-state index contributed by atoms with van der Waals surface area (Å²) < 4.78 is 43.2. The van der Waals surface area contributed by atoms with Gasteiger partial charge in [0.15, 0.2) is 18.3 Å². The van der Waals surface area contributed by atoms with Crippen molar-refractivity contribution in [3.05, 3.63) is 40.3 Å². The summed E-state index contributed by atoms with van der Waals surface area (Å²) in [6.45, 7) is 1.53. The van der Waals surface area contributed by atoms with E-state index >= 15 is 0 Å². The number of para-hydroxylation sites is 2. The van der Waals surface area contributed by atoms with Crippen LogP contribution in [0.3, 0.4) is 0 Å². The van der Waals surface area contributed by atoms with E-state index in [0.29, 0.717) is 49.2 Å². The number of halogens is 4. The zero-order chi connectivity index (χ0) is 21.6. The van der Waals surface area contributed by atoms with Crippen LogP contribution in [0, 0.1) is 0 Å². The van der Waals surface area contributed by atoms with Crippen LogP contribution in [0.25, 0.3) is 0 Å². The molecular formula is C19H23F3IN5O2S. The van der Waals surface area contributed by atoms with Gasteiger partial charge in [0.2, 0.25) is 0 Å². The van der Waals surface area contributed by atoms with Gasteiger partial charge in [0.05, 0.1) is 10.7 Å². The predicted octanol–water partition coefficient (Wildman–Crippen LogP) is 3.30. The highest BCUT2D eigenvalue weighted by Gasteiger charge is 2.33. The Hall–Kier alpha value is -2.09. The number of hydrogen-bond donors (Lipinski definition) is 2. The third kappa shape index (κ3) is 6.95. The second-order valence-electron chi connectivity index (χ2n) is 6.46. The molecule has 12 heteroatoms. The molecule has 1 amide bonds. The van der Waals surface area contributed by atoms with Gasteiger partial charge in [-0.2, -0.15) is 13.2 Å². The Morgan fingerprint density at radius 1 is 1.29 bits per heavy atom. The standard InChI is InChI=1S/C19H22F3N5O2S.HI/c1-23-18(25-9-7-16-26-15(12-30-16)19(20,21)22)24-8-4-10-27-13-5-2-3-6-14(13)29-11-17(27)28;/h2-3,5-6,12H,4,7-11H2,1H3,(H2,23,24,25);1H. The van der Waals surface area contributed by atoms with Crippen molar-refractivity contribution in [1.82, 2.24) is 15.6 Å². The third-order valence-corrected chi connectivity index (χ3v) is 5.26. The van der Waals surface area contributed by atoms with Gasteiger partial charge in [0.25, 0.3) is 5.91 Å². The number of nitrogens with zero attached hydrogens (tertiary/aromatic N) is 3. The van der Waals surface area contributed by atoms with Gasteiger partial charge in [0, 0.05) is 38.5 Å². The minimum Gasteiger partial charge on any atom is -0.482 e. The van der Waals surface area contributed by atoms with E-state index < -0.39 is 11.9 Å². The maximum Gasteiger partial charge on any atom is 0.434 e. The summed E-state index contributed by atoms with van der Waals surface area (Å²) in [4.78, 5) is 21.6. The highest BCUT2D eigenvalue weighted by molar-refractivity contribution is 14.0. The van der Waals surface area contributed by atoms with Crippen molar-refractivity contribution < 1.29 is 22.7 Å². The topological polar surface area (TPSA) is 78.9 Å². The number of fused-ring (bicyclic) bond motifs is 1. The summed E-state index contributed by atoms with van der Waals surface area (Å²) in [7, 11) is 1.61. The zero-order valence-electron chi connectivity index (χ0n) is 16.7. The van der Waals surface area contributed by atoms with Crippen LogP contribution in [0.15, 0.2) is 34.6 Å². The lowest BCUT2D eigenvalue weighted by molar-refractivity contribution is -0.140. The number of guanidine groups is 1. The molecule has 0 unspecified atom stereocenters. The summed E-state index contributed by atoms with van der Waals surface area (Å²) in [5.74, 6) is 1.15. The Balaban J connectivity index is 0.00000341. The molecule has 0 radical (unpaired) electrons. The molecule has 0 saturated carbocycles. The van der Waals surface area contributed by atoms with Gasteiger partial charge < -0.3 is 20.3 Å². The van der Waals surface area contributed by atoms with E-state index in [1.807, 2.05) is 24.3 Å². The van der Waals surface area contributed by atoms with Crippen LogP contribution in [0.4, 0.5) is 18.9 Å². The lowest BCUT2D eigenvalue weighted by Gasteiger charge is -2.29. The molecule has 2 N–H and O–H groups in total. The maximum absolute atomic E-state index is 12.6. The lowest BCUT2D eigenvalue weighted by atomic mass is 10.2. The summed E-state index contributed by atoms with van der Waals surface area (Å²) in [6.07, 6.45) is -3.37. The minimum atomic E-state index is -4.41. The molecule has 7 nitrogen and oxygen atoms in total. The molecule has 170 valence electrons. The number of carbonyl (C=O) groups is 1. The van der Waals surface area contributed by atoms with Gasteiger partial charge >= 0.3 is 6.18 Å². The minimum absolute atomic E-state index is 0. The number of hydrogen-bond acceptors (Lipinski definition) is 5. The molecule has 0 fully saturated rings. The number of rotatable bonds is 7. The number of thiazole rings is 1. The Labute approximate surface area is 199 Å². The number of ether oxygens (including phenoxy) is 1. The fourth-order valence-electron chi connectivity index (χ4n) is 2.91. The highest BCUT2D eigenvalue weighted by atomic mass is 127. The summed E-state index contributed by atoms with van der Waals surface area (Å²) >= 11 is 0.989. The Morgan fingerprint density at radius 2 is 2.03 bits per heavy atom. The molecule has 0 spiro atoms. The molecule has 1 aromatic heterocycles. The van der Waals surface area contributed by atoms with Crippen molar-refractivity contribution in [3.8, 4) is 5.75 Å². The van der Waals surface area contributed by atoms with Crippen molar-refractivity contribution >= 4 is 52.9 Å². The van der Waals surface area contributed by atoms with E-state index in [2.05, 4.69) is 20.6 Å². The molecule has 0 bridgehead atoms. The first kappa shape index (κ1) is 25.2. The van der Waals surface area contributed by atoms with Crippen LogP contribution in [0.5, 0.6) is 5.75 Å². The quantitative estimate of drug-likeness (QED) is 0.232. The van der Waals surface area contributed by atoms with E-state index in [1.54, 1.807) is 11.9 Å². The van der Waals surface area contributed by atoms with Crippen LogP contribution in [0.1, 0.15) is 17.1 Å². The largest absolute Gasteiger partial charge is 0.482 e. The molecule has 1 aromatic carbocycles. The highest BCUT2D eigenvalue weighted by Crippen LogP contribution is 2.31. The van der Waals surface area contributed by atoms with Gasteiger partial charge in [-0.3, -0.25) is 9.79 Å². The van der Waals surface area contributed by atoms with E-state index in [-0.39, 0.29) is 36.5 Å². The van der Waals surface area contributed by atoms with E-state index in [4.69, 9.17) is 4.74 Å². The van der Waals surface area contributed by atoms with Crippen LogP contribution >= 0.6 is 35.3 Å². The summed E-state index contributed by atoms with van der Waals surface area (Å²) in [5.41, 5.74) is -0.0952. The van der Waals surface area contributed by atoms with Gasteiger partial charge in [-0.05, 0) is 18.6 Å². The SMILES string of the molecule is CN=C(NCCCN1C(=O)COc2ccccc21)NCCc1nc(C(F)(F)F)cs1.I. The normalized spacial score (nSPS) is 13.9. The van der Waals surface area contributed by atoms with Crippen LogP contribution in [0.2, 0.25) is 0 Å². The first-order valence-electron chi connectivity index (χ1n) is 9.37. The van der Waals surface area contributed by atoms with E-state index in [9.17, 15) is 18.0 Å². The molecule has 1 aliphatic heterocycles. The number of anilines is 1. The number of nitrogens with one attached hydrogen (secondary N) is 2.